The van der Waals surface area contributed by atoms with Crippen molar-refractivity contribution in [1.82, 2.24) is 5.32 Å². The Morgan fingerprint density at radius 2 is 2.00 bits per heavy atom. The highest BCUT2D eigenvalue weighted by Crippen LogP contribution is 2.53. The Hall–Kier alpha value is -3.82. The van der Waals surface area contributed by atoms with Crippen molar-refractivity contribution in [3.05, 3.63) is 74.8 Å². The van der Waals surface area contributed by atoms with Crippen molar-refractivity contribution in [1.29, 1.82) is 0 Å². The first-order valence-corrected chi connectivity index (χ1v) is 14.3. The Balaban J connectivity index is 1.22. The molecule has 1 aromatic heterocycles. The van der Waals surface area contributed by atoms with Gasteiger partial charge >= 0.3 is 5.97 Å². The predicted molar refractivity (Wildman–Crippen MR) is 152 cm³/mol. The summed E-state index contributed by atoms with van der Waals surface area (Å²) >= 11 is 0. The summed E-state index contributed by atoms with van der Waals surface area (Å²) in [7, 11) is 0. The second-order valence-electron chi connectivity index (χ2n) is 12.2. The van der Waals surface area contributed by atoms with Crippen LogP contribution in [0.1, 0.15) is 79.6 Å². The fraction of sp³-hybridized carbons (Fsp3) is 0.438. The third-order valence-corrected chi connectivity index (χ3v) is 9.12. The number of aromatic hydroxyl groups is 1. The zero-order valence-corrected chi connectivity index (χ0v) is 23.4. The molecule has 5 atom stereocenters. The lowest BCUT2D eigenvalue weighted by atomic mass is 9.77. The summed E-state index contributed by atoms with van der Waals surface area (Å²) in [4.78, 5) is 26.7. The quantitative estimate of drug-likeness (QED) is 0.308. The second kappa shape index (κ2) is 9.09. The predicted octanol–water partition coefficient (Wildman–Crippen LogP) is 4.46. The van der Waals surface area contributed by atoms with E-state index in [2.05, 4.69) is 5.32 Å². The molecule has 0 radical (unpaired) electrons. The number of carbonyl (C=O) groups excluding carboxylic acids is 1. The van der Waals surface area contributed by atoms with Gasteiger partial charge in [0.2, 0.25) is 0 Å². The Labute approximate surface area is 237 Å². The molecule has 9 heteroatoms. The summed E-state index contributed by atoms with van der Waals surface area (Å²) in [6, 6.07) is 9.06. The maximum atomic E-state index is 13.9. The Morgan fingerprint density at radius 3 is 2.83 bits per heavy atom. The average Bonchev–Trinajstić information content (AvgIpc) is 3.59. The van der Waals surface area contributed by atoms with Crippen LogP contribution in [0.5, 0.6) is 11.5 Å². The van der Waals surface area contributed by atoms with Crippen LogP contribution in [0.25, 0.3) is 17.0 Å². The molecular formula is C32H34N2O7. The lowest BCUT2D eigenvalue weighted by Crippen LogP contribution is -2.52. The standard InChI is InChI=1S/C32H34N2O7/c1-16-13-21(35)26-22(38-16)15-23-25(27(26)36)20-8-4-5-11-32(30(37)39-28(20)31(2,3)40-23)24(41-32)14-17-7-6-9-19-18(17)10-12-34-29(19)33/h6-7,9-10,12-13,15,20,24,28-29,34,36H,4-5,8,11,14,33H2,1-3H3. The van der Waals surface area contributed by atoms with Crippen LogP contribution in [0, 0.1) is 6.92 Å². The average molecular weight is 559 g/mol. The van der Waals surface area contributed by atoms with Crippen LogP contribution in [0.2, 0.25) is 0 Å². The van der Waals surface area contributed by atoms with E-state index in [1.54, 1.807) is 13.0 Å². The van der Waals surface area contributed by atoms with Crippen LogP contribution < -0.4 is 21.2 Å². The number of nitrogens with one attached hydrogen (secondary N) is 1. The van der Waals surface area contributed by atoms with Crippen molar-refractivity contribution in [2.45, 2.75) is 88.4 Å². The van der Waals surface area contributed by atoms with E-state index in [1.165, 1.54) is 6.07 Å². The number of hydrogen-bond acceptors (Lipinski definition) is 9. The molecule has 9 nitrogen and oxygen atoms in total. The minimum Gasteiger partial charge on any atom is -0.507 e. The molecule has 7 rings (SSSR count). The monoisotopic (exact) mass is 558 g/mol. The van der Waals surface area contributed by atoms with E-state index >= 15 is 0 Å². The number of nitrogens with two attached hydrogens (primary N) is 1. The number of esters is 1. The SMILES string of the molecule is Cc1cc(=O)c2c(O)c3c(cc2o1)OC(C)(C)C1OC(=O)C2(CCCCC31)OC2Cc1cccc2c1C=CNC2N. The van der Waals surface area contributed by atoms with Gasteiger partial charge in [0.25, 0.3) is 0 Å². The number of ether oxygens (including phenoxy) is 3. The topological polar surface area (TPSA) is 137 Å². The Kier molecular flexibility index (Phi) is 5.79. The minimum atomic E-state index is -1.03. The van der Waals surface area contributed by atoms with E-state index in [4.69, 9.17) is 24.4 Å². The summed E-state index contributed by atoms with van der Waals surface area (Å²) in [5.41, 5.74) is 7.87. The van der Waals surface area contributed by atoms with E-state index in [9.17, 15) is 14.7 Å². The molecule has 4 aliphatic rings. The third-order valence-electron chi connectivity index (χ3n) is 9.12. The van der Waals surface area contributed by atoms with Gasteiger partial charge in [-0.05, 0) is 69.0 Å². The number of phenolic OH excluding ortho intramolecular Hbond substituents is 1. The normalized spacial score (nSPS) is 29.6. The zero-order valence-electron chi connectivity index (χ0n) is 23.4. The molecule has 3 aromatic rings. The number of phenols is 1. The first kappa shape index (κ1) is 26.1. The van der Waals surface area contributed by atoms with Crippen LogP contribution >= 0.6 is 0 Å². The van der Waals surface area contributed by atoms with Gasteiger partial charge in [-0.1, -0.05) is 24.6 Å². The Morgan fingerprint density at radius 1 is 1.17 bits per heavy atom. The van der Waals surface area contributed by atoms with Gasteiger partial charge in [-0.15, -0.1) is 0 Å². The molecule has 4 aliphatic heterocycles. The van der Waals surface area contributed by atoms with Crippen molar-refractivity contribution in [3.63, 3.8) is 0 Å². The highest BCUT2D eigenvalue weighted by atomic mass is 16.7. The largest absolute Gasteiger partial charge is 0.507 e. The van der Waals surface area contributed by atoms with E-state index in [0.717, 1.165) is 29.5 Å². The molecule has 5 heterocycles. The van der Waals surface area contributed by atoms with Gasteiger partial charge in [0.15, 0.2) is 11.0 Å². The summed E-state index contributed by atoms with van der Waals surface area (Å²) < 4.78 is 24.6. The van der Waals surface area contributed by atoms with Crippen LogP contribution in [0.3, 0.4) is 0 Å². The molecule has 41 heavy (non-hydrogen) atoms. The van der Waals surface area contributed by atoms with E-state index in [0.29, 0.717) is 36.3 Å². The number of hydrogen-bond donors (Lipinski definition) is 3. The van der Waals surface area contributed by atoms with Crippen LogP contribution in [-0.4, -0.2) is 34.5 Å². The lowest BCUT2D eigenvalue weighted by Gasteiger charge is -2.44. The maximum absolute atomic E-state index is 13.9. The first-order chi connectivity index (χ1) is 19.6. The molecule has 0 saturated carbocycles. The minimum absolute atomic E-state index is 0.111. The molecule has 0 amide bonds. The number of rotatable bonds is 2. The fourth-order valence-electron chi connectivity index (χ4n) is 7.06. The molecule has 2 aromatic carbocycles. The molecule has 4 N–H and O–H groups in total. The number of benzene rings is 2. The summed E-state index contributed by atoms with van der Waals surface area (Å²) in [6.07, 6.45) is 5.86. The molecule has 214 valence electrons. The van der Waals surface area contributed by atoms with Gasteiger partial charge < -0.3 is 34.8 Å². The van der Waals surface area contributed by atoms with Crippen molar-refractivity contribution in [2.75, 3.05) is 0 Å². The van der Waals surface area contributed by atoms with E-state index < -0.39 is 23.3 Å². The Bertz CT molecular complexity index is 1670. The number of aryl methyl sites for hydroxylation is 1. The van der Waals surface area contributed by atoms with Gasteiger partial charge in [-0.2, -0.15) is 0 Å². The first-order valence-electron chi connectivity index (χ1n) is 14.3. The highest BCUT2D eigenvalue weighted by Gasteiger charge is 2.64. The van der Waals surface area contributed by atoms with Crippen molar-refractivity contribution in [2.24, 2.45) is 5.73 Å². The summed E-state index contributed by atoms with van der Waals surface area (Å²) in [5, 5.41) is 14.6. The molecule has 5 unspecified atom stereocenters. The number of epoxide rings is 1. The molecular weight excluding hydrogens is 524 g/mol. The van der Waals surface area contributed by atoms with E-state index in [-0.39, 0.29) is 40.3 Å². The number of fused-ring (bicyclic) bond motifs is 5. The van der Waals surface area contributed by atoms with Crippen molar-refractivity contribution >= 4 is 23.0 Å². The van der Waals surface area contributed by atoms with Crippen molar-refractivity contribution < 1.29 is 28.5 Å². The van der Waals surface area contributed by atoms with Gasteiger partial charge in [0, 0.05) is 30.0 Å². The van der Waals surface area contributed by atoms with Crippen LogP contribution in [-0.2, 0) is 20.7 Å². The van der Waals surface area contributed by atoms with Gasteiger partial charge in [-0.25, -0.2) is 4.79 Å². The maximum Gasteiger partial charge on any atom is 0.341 e. The summed E-state index contributed by atoms with van der Waals surface area (Å²) in [5.74, 6) is -0.0573. The zero-order chi connectivity index (χ0) is 28.7. The van der Waals surface area contributed by atoms with Crippen LogP contribution in [0.15, 0.2) is 45.7 Å². The molecule has 0 bridgehead atoms. The van der Waals surface area contributed by atoms with E-state index in [1.807, 2.05) is 44.3 Å². The van der Waals surface area contributed by atoms with Gasteiger partial charge in [-0.3, -0.25) is 4.79 Å². The molecule has 2 saturated heterocycles. The smallest absolute Gasteiger partial charge is 0.341 e. The lowest BCUT2D eigenvalue weighted by molar-refractivity contribution is -0.170. The highest BCUT2D eigenvalue weighted by molar-refractivity contribution is 5.88. The second-order valence-corrected chi connectivity index (χ2v) is 12.2. The summed E-state index contributed by atoms with van der Waals surface area (Å²) in [6.45, 7) is 5.45. The molecule has 0 aliphatic carbocycles. The number of carbonyl (C=O) groups is 1. The van der Waals surface area contributed by atoms with Crippen molar-refractivity contribution in [3.8, 4) is 11.5 Å². The fourth-order valence-corrected chi connectivity index (χ4v) is 7.06. The van der Waals surface area contributed by atoms with Gasteiger partial charge in [0.1, 0.15) is 52.2 Å². The molecule has 1 spiro atoms. The van der Waals surface area contributed by atoms with Gasteiger partial charge in [0.05, 0.1) is 0 Å². The molecule has 2 fully saturated rings. The third kappa shape index (κ3) is 4.05. The van der Waals surface area contributed by atoms with Crippen LogP contribution in [0.4, 0.5) is 0 Å².